The highest BCUT2D eigenvalue weighted by atomic mass is 19.4. The third kappa shape index (κ3) is 6.16. The van der Waals surface area contributed by atoms with E-state index in [2.05, 4.69) is 9.47 Å². The molecule has 0 heterocycles. The number of esters is 1. The lowest BCUT2D eigenvalue weighted by Gasteiger charge is -2.31. The van der Waals surface area contributed by atoms with Crippen LogP contribution in [0.1, 0.15) is 18.9 Å². The van der Waals surface area contributed by atoms with Crippen molar-refractivity contribution in [3.63, 3.8) is 0 Å². The first kappa shape index (κ1) is 21.2. The minimum atomic E-state index is -6.05. The maximum Gasteiger partial charge on any atom is 0.527 e. The van der Waals surface area contributed by atoms with Gasteiger partial charge in [0.1, 0.15) is 6.61 Å². The maximum atomic E-state index is 13.4. The van der Waals surface area contributed by atoms with Crippen LogP contribution in [0, 0.1) is 0 Å². The van der Waals surface area contributed by atoms with Gasteiger partial charge in [-0.3, -0.25) is 0 Å². The lowest BCUT2D eigenvalue weighted by Crippen LogP contribution is -2.52. The van der Waals surface area contributed by atoms with Crippen LogP contribution in [0.15, 0.2) is 30.3 Å². The van der Waals surface area contributed by atoms with E-state index in [0.29, 0.717) is 12.5 Å². The van der Waals surface area contributed by atoms with Crippen LogP contribution in [0.5, 0.6) is 0 Å². The standard InChI is InChI=1S/C14H13F7O4/c1-11(23,10(22)24-7-9-5-3-2-4-6-9)8-12(15,16)13(17,18)25-14(19,20)21/h2-6,23H,7-8H2,1H3. The van der Waals surface area contributed by atoms with Crippen molar-refractivity contribution in [1.29, 1.82) is 0 Å². The first-order valence-electron chi connectivity index (χ1n) is 6.62. The monoisotopic (exact) mass is 378 g/mol. The molecule has 0 saturated carbocycles. The number of ether oxygens (including phenoxy) is 2. The largest absolute Gasteiger partial charge is 0.527 e. The molecular weight excluding hydrogens is 365 g/mol. The average Bonchev–Trinajstić information content (AvgIpc) is 2.42. The molecule has 0 aliphatic rings. The third-order valence-corrected chi connectivity index (χ3v) is 2.89. The molecule has 0 aromatic heterocycles. The van der Waals surface area contributed by atoms with Crippen LogP contribution in [0.2, 0.25) is 0 Å². The normalized spacial score (nSPS) is 15.6. The Morgan fingerprint density at radius 3 is 2.04 bits per heavy atom. The van der Waals surface area contributed by atoms with Gasteiger partial charge in [0.05, 0.1) is 6.42 Å². The van der Waals surface area contributed by atoms with Crippen LogP contribution >= 0.6 is 0 Å². The van der Waals surface area contributed by atoms with E-state index in [1.165, 1.54) is 12.1 Å². The summed E-state index contributed by atoms with van der Waals surface area (Å²) < 4.78 is 94.8. The third-order valence-electron chi connectivity index (χ3n) is 2.89. The van der Waals surface area contributed by atoms with E-state index in [-0.39, 0.29) is 0 Å². The van der Waals surface area contributed by atoms with Crippen molar-refractivity contribution in [3.8, 4) is 0 Å². The molecule has 11 heteroatoms. The molecule has 0 aliphatic carbocycles. The van der Waals surface area contributed by atoms with Crippen LogP contribution < -0.4 is 0 Å². The molecule has 25 heavy (non-hydrogen) atoms. The van der Waals surface area contributed by atoms with Crippen molar-refractivity contribution >= 4 is 5.97 Å². The van der Waals surface area contributed by atoms with E-state index in [1.54, 1.807) is 18.2 Å². The van der Waals surface area contributed by atoms with Crippen LogP contribution in [0.4, 0.5) is 30.7 Å². The molecule has 1 unspecified atom stereocenters. The van der Waals surface area contributed by atoms with Crippen LogP contribution in [-0.2, 0) is 20.9 Å². The Hall–Kier alpha value is -1.88. The zero-order valence-corrected chi connectivity index (χ0v) is 12.6. The van der Waals surface area contributed by atoms with Gasteiger partial charge in [-0.1, -0.05) is 30.3 Å². The number of carbonyl (C=O) groups is 1. The molecule has 1 aromatic rings. The van der Waals surface area contributed by atoms with Crippen LogP contribution in [0.25, 0.3) is 0 Å². The van der Waals surface area contributed by atoms with Crippen molar-refractivity contribution in [2.24, 2.45) is 0 Å². The van der Waals surface area contributed by atoms with Gasteiger partial charge in [-0.05, 0) is 12.5 Å². The fraction of sp³-hybridized carbons (Fsp3) is 0.500. The highest BCUT2D eigenvalue weighted by Gasteiger charge is 2.65. The fourth-order valence-electron chi connectivity index (χ4n) is 1.71. The summed E-state index contributed by atoms with van der Waals surface area (Å²) in [4.78, 5) is 11.6. The second-order valence-corrected chi connectivity index (χ2v) is 5.28. The fourth-order valence-corrected chi connectivity index (χ4v) is 1.71. The molecule has 1 atom stereocenters. The Kier molecular flexibility index (Phi) is 6.06. The number of benzene rings is 1. The number of rotatable bonds is 7. The summed E-state index contributed by atoms with van der Waals surface area (Å²) in [6.07, 6.45) is -14.4. The number of hydrogen-bond donors (Lipinski definition) is 1. The number of aliphatic hydroxyl groups is 1. The van der Waals surface area contributed by atoms with Gasteiger partial charge in [0.2, 0.25) is 0 Å². The second-order valence-electron chi connectivity index (χ2n) is 5.28. The first-order valence-corrected chi connectivity index (χ1v) is 6.62. The van der Waals surface area contributed by atoms with Gasteiger partial charge in [-0.15, -0.1) is 13.2 Å². The Balaban J connectivity index is 2.78. The molecular formula is C14H13F7O4. The maximum absolute atomic E-state index is 13.4. The molecule has 0 amide bonds. The van der Waals surface area contributed by atoms with Gasteiger partial charge in [0, 0.05) is 0 Å². The molecule has 1 aromatic carbocycles. The van der Waals surface area contributed by atoms with Gasteiger partial charge in [-0.25, -0.2) is 9.53 Å². The van der Waals surface area contributed by atoms with Crippen LogP contribution in [0.3, 0.4) is 0 Å². The van der Waals surface area contributed by atoms with Crippen molar-refractivity contribution in [1.82, 2.24) is 0 Å². The van der Waals surface area contributed by atoms with Crippen molar-refractivity contribution in [2.45, 2.75) is 43.9 Å². The summed E-state index contributed by atoms with van der Waals surface area (Å²) >= 11 is 0. The van der Waals surface area contributed by atoms with Gasteiger partial charge in [-0.2, -0.15) is 17.6 Å². The summed E-state index contributed by atoms with van der Waals surface area (Å²) in [6, 6.07) is 7.73. The van der Waals surface area contributed by atoms with E-state index >= 15 is 0 Å². The Morgan fingerprint density at radius 2 is 1.56 bits per heavy atom. The van der Waals surface area contributed by atoms with E-state index in [9.17, 15) is 40.6 Å². The van der Waals surface area contributed by atoms with Crippen molar-refractivity contribution < 1.29 is 50.1 Å². The van der Waals surface area contributed by atoms with Crippen molar-refractivity contribution in [2.75, 3.05) is 0 Å². The Morgan fingerprint density at radius 1 is 1.04 bits per heavy atom. The Labute approximate surface area is 137 Å². The average molecular weight is 378 g/mol. The van der Waals surface area contributed by atoms with E-state index in [1.807, 2.05) is 0 Å². The molecule has 0 bridgehead atoms. The predicted molar refractivity (Wildman–Crippen MR) is 68.5 cm³/mol. The summed E-state index contributed by atoms with van der Waals surface area (Å²) in [6.45, 7) is -0.0469. The second kappa shape index (κ2) is 7.16. The number of carbonyl (C=O) groups excluding carboxylic acids is 1. The highest BCUT2D eigenvalue weighted by molar-refractivity contribution is 5.78. The summed E-state index contributed by atoms with van der Waals surface area (Å²) in [5.41, 5.74) is -2.78. The topological polar surface area (TPSA) is 55.8 Å². The number of halogens is 7. The quantitative estimate of drug-likeness (QED) is 0.582. The zero-order chi connectivity index (χ0) is 19.5. The van der Waals surface area contributed by atoms with Gasteiger partial charge in [0.25, 0.3) is 0 Å². The molecule has 1 rings (SSSR count). The Bertz CT molecular complexity index is 585. The summed E-state index contributed by atoms with van der Waals surface area (Å²) in [7, 11) is 0. The predicted octanol–water partition coefficient (Wildman–Crippen LogP) is 3.64. The molecule has 0 radical (unpaired) electrons. The van der Waals surface area contributed by atoms with Crippen molar-refractivity contribution in [3.05, 3.63) is 35.9 Å². The molecule has 0 aliphatic heterocycles. The van der Waals surface area contributed by atoms with Gasteiger partial charge >= 0.3 is 24.4 Å². The van der Waals surface area contributed by atoms with E-state index in [0.717, 1.165) is 0 Å². The summed E-state index contributed by atoms with van der Waals surface area (Å²) in [5.74, 6) is -7.21. The van der Waals surface area contributed by atoms with E-state index < -0.39 is 43.0 Å². The minimum absolute atomic E-state index is 0.407. The minimum Gasteiger partial charge on any atom is -0.459 e. The summed E-state index contributed by atoms with van der Waals surface area (Å²) in [5, 5.41) is 9.63. The smallest absolute Gasteiger partial charge is 0.459 e. The highest BCUT2D eigenvalue weighted by Crippen LogP contribution is 2.44. The van der Waals surface area contributed by atoms with E-state index in [4.69, 9.17) is 0 Å². The van der Waals surface area contributed by atoms with Gasteiger partial charge in [0.15, 0.2) is 5.60 Å². The lowest BCUT2D eigenvalue weighted by molar-refractivity contribution is -0.468. The number of alkyl halides is 7. The lowest BCUT2D eigenvalue weighted by atomic mass is 9.97. The first-order chi connectivity index (χ1) is 11.2. The molecule has 0 spiro atoms. The van der Waals surface area contributed by atoms with Crippen LogP contribution in [-0.4, -0.2) is 35.1 Å². The molecule has 142 valence electrons. The van der Waals surface area contributed by atoms with Gasteiger partial charge < -0.3 is 9.84 Å². The number of hydrogen-bond acceptors (Lipinski definition) is 4. The molecule has 1 N–H and O–H groups in total. The molecule has 0 saturated heterocycles. The zero-order valence-electron chi connectivity index (χ0n) is 12.6. The SMILES string of the molecule is CC(O)(CC(F)(F)C(F)(F)OC(F)(F)F)C(=O)OCc1ccccc1. The molecule has 4 nitrogen and oxygen atoms in total. The molecule has 0 fully saturated rings.